The zero-order chi connectivity index (χ0) is 17.3. The summed E-state index contributed by atoms with van der Waals surface area (Å²) in [5, 5.41) is 0. The van der Waals surface area contributed by atoms with Gasteiger partial charge in [0.15, 0.2) is 5.78 Å². The first-order valence-corrected chi connectivity index (χ1v) is 9.10. The molecule has 0 unspecified atom stereocenters. The Morgan fingerprint density at radius 2 is 1.76 bits per heavy atom. The Balaban J connectivity index is 0.00000225. The van der Waals surface area contributed by atoms with E-state index in [1.165, 1.54) is 19.2 Å². The van der Waals surface area contributed by atoms with Gasteiger partial charge in [0.2, 0.25) is 0 Å². The van der Waals surface area contributed by atoms with Crippen molar-refractivity contribution in [3.8, 4) is 5.75 Å². The first kappa shape index (κ1) is 20.0. The van der Waals surface area contributed by atoms with Crippen molar-refractivity contribution in [3.63, 3.8) is 0 Å². The number of carbonyl (C=O) groups excluding carboxylic acids is 1. The molecular formula is C15H13N2NaO5S2. The third kappa shape index (κ3) is 4.63. The van der Waals surface area contributed by atoms with E-state index in [4.69, 9.17) is 9.29 Å². The maximum absolute atomic E-state index is 12.8. The van der Waals surface area contributed by atoms with Gasteiger partial charge in [-0.1, -0.05) is 0 Å². The summed E-state index contributed by atoms with van der Waals surface area (Å²) in [5.74, 6) is -0.437. The molecule has 0 fully saturated rings. The monoisotopic (exact) mass is 388 g/mol. The van der Waals surface area contributed by atoms with Gasteiger partial charge in [-0.05, 0) is 42.0 Å². The van der Waals surface area contributed by atoms with Crippen LogP contribution in [0.15, 0.2) is 36.4 Å². The number of benzene rings is 2. The van der Waals surface area contributed by atoms with Crippen LogP contribution in [0.25, 0.3) is 11.0 Å². The molecule has 0 spiro atoms. The topological polar surface area (TPSA) is 106 Å². The number of ether oxygens (including phenoxy) is 1. The Bertz CT molecular complexity index is 1020. The maximum atomic E-state index is 12.8. The van der Waals surface area contributed by atoms with E-state index in [9.17, 15) is 13.2 Å². The molecule has 0 aliphatic heterocycles. The van der Waals surface area contributed by atoms with Crippen molar-refractivity contribution in [2.75, 3.05) is 7.11 Å². The second-order valence-electron chi connectivity index (χ2n) is 5.05. The van der Waals surface area contributed by atoms with Crippen LogP contribution in [0.3, 0.4) is 0 Å². The number of methoxy groups -OCH3 is 1. The van der Waals surface area contributed by atoms with Crippen LogP contribution in [0.5, 0.6) is 5.75 Å². The Labute approximate surface area is 170 Å². The van der Waals surface area contributed by atoms with Crippen molar-refractivity contribution in [2.24, 2.45) is 0 Å². The van der Waals surface area contributed by atoms with Gasteiger partial charge in [-0.15, -0.1) is 0 Å². The molecule has 2 aromatic carbocycles. The summed E-state index contributed by atoms with van der Waals surface area (Å²) in [6.07, 6.45) is 0. The van der Waals surface area contributed by atoms with Crippen molar-refractivity contribution in [3.05, 3.63) is 53.1 Å². The second kappa shape index (κ2) is 7.90. The van der Waals surface area contributed by atoms with Crippen molar-refractivity contribution < 1.29 is 22.5 Å². The van der Waals surface area contributed by atoms with Gasteiger partial charge in [-0.3, -0.25) is 9.35 Å². The average Bonchev–Trinajstić information content (AvgIpc) is 2.99. The van der Waals surface area contributed by atoms with E-state index in [1.54, 1.807) is 24.3 Å². The number of fused-ring (bicyclic) bond motifs is 1. The summed E-state index contributed by atoms with van der Waals surface area (Å²) in [7, 11) is -2.78. The van der Waals surface area contributed by atoms with Crippen LogP contribution in [0.1, 0.15) is 21.5 Å². The molecule has 3 rings (SSSR count). The van der Waals surface area contributed by atoms with Crippen LogP contribution in [0.4, 0.5) is 0 Å². The minimum atomic E-state index is -4.29. The van der Waals surface area contributed by atoms with Crippen LogP contribution in [-0.2, 0) is 15.9 Å². The van der Waals surface area contributed by atoms with Gasteiger partial charge in [0.05, 0.1) is 18.8 Å². The second-order valence-corrected chi connectivity index (χ2v) is 7.03. The molecule has 0 bridgehead atoms. The number of hydrogen-bond donors (Lipinski definition) is 1. The number of rotatable bonds is 5. The van der Waals surface area contributed by atoms with Crippen LogP contribution in [-0.4, -0.2) is 64.2 Å². The average molecular weight is 388 g/mol. The van der Waals surface area contributed by atoms with E-state index < -0.39 is 15.9 Å². The fraction of sp³-hybridized carbons (Fsp3) is 0.133. The van der Waals surface area contributed by atoms with Crippen LogP contribution >= 0.6 is 11.7 Å². The third-order valence-electron chi connectivity index (χ3n) is 3.41. The van der Waals surface area contributed by atoms with E-state index in [1.807, 2.05) is 0 Å². The van der Waals surface area contributed by atoms with E-state index in [0.29, 0.717) is 22.3 Å². The summed E-state index contributed by atoms with van der Waals surface area (Å²) >= 11 is 0.961. The Morgan fingerprint density at radius 1 is 1.16 bits per heavy atom. The first-order valence-electron chi connectivity index (χ1n) is 6.76. The number of nitrogens with zero attached hydrogens (tertiary/aromatic N) is 2. The van der Waals surface area contributed by atoms with Crippen LogP contribution in [0, 0.1) is 0 Å². The van der Waals surface area contributed by atoms with Gasteiger partial charge in [0.1, 0.15) is 22.5 Å². The van der Waals surface area contributed by atoms with E-state index in [2.05, 4.69) is 8.75 Å². The zero-order valence-corrected chi connectivity index (χ0v) is 14.1. The Morgan fingerprint density at radius 3 is 2.32 bits per heavy atom. The molecule has 25 heavy (non-hydrogen) atoms. The Hall–Kier alpha value is -1.36. The molecule has 0 atom stereocenters. The van der Waals surface area contributed by atoms with Crippen molar-refractivity contribution in [2.45, 2.75) is 5.75 Å². The molecule has 0 saturated heterocycles. The molecule has 1 aromatic heterocycles. The van der Waals surface area contributed by atoms with Crippen LogP contribution < -0.4 is 4.74 Å². The van der Waals surface area contributed by atoms with Gasteiger partial charge in [-0.2, -0.15) is 17.2 Å². The number of aromatic nitrogens is 2. The van der Waals surface area contributed by atoms with Gasteiger partial charge in [-0.25, -0.2) is 0 Å². The summed E-state index contributed by atoms with van der Waals surface area (Å²) < 4.78 is 44.8. The first-order chi connectivity index (χ1) is 11.4. The molecule has 0 amide bonds. The number of ketones is 1. The predicted molar refractivity (Wildman–Crippen MR) is 96.2 cm³/mol. The van der Waals surface area contributed by atoms with Crippen molar-refractivity contribution in [1.29, 1.82) is 0 Å². The minimum absolute atomic E-state index is 0. The normalized spacial score (nSPS) is 11.1. The quantitative estimate of drug-likeness (QED) is 0.402. The fourth-order valence-electron chi connectivity index (χ4n) is 2.30. The summed E-state index contributed by atoms with van der Waals surface area (Å²) in [6, 6.07) is 9.40. The molecule has 126 valence electrons. The van der Waals surface area contributed by atoms with E-state index >= 15 is 0 Å². The van der Waals surface area contributed by atoms with Crippen LogP contribution in [0.2, 0.25) is 0 Å². The SMILES string of the molecule is COc1ccc(C(=O)c2cc3nsnc3cc2CS(=O)(=O)O)cc1.[NaH]. The third-order valence-corrected chi connectivity index (χ3v) is 4.65. The van der Waals surface area contributed by atoms with Gasteiger partial charge in [0, 0.05) is 11.1 Å². The summed E-state index contributed by atoms with van der Waals surface area (Å²) in [4.78, 5) is 12.8. The molecule has 7 nitrogen and oxygen atoms in total. The van der Waals surface area contributed by atoms with E-state index in [-0.39, 0.29) is 46.5 Å². The molecule has 3 aromatic rings. The van der Waals surface area contributed by atoms with Crippen molar-refractivity contribution in [1.82, 2.24) is 8.75 Å². The van der Waals surface area contributed by atoms with E-state index in [0.717, 1.165) is 11.7 Å². The summed E-state index contributed by atoms with van der Waals surface area (Å²) in [6.45, 7) is 0. The fourth-order valence-corrected chi connectivity index (χ4v) is 3.44. The standard InChI is InChI=1S/C15H12N2O5S2.Na.H/c1-22-11-4-2-9(3-5-11)15(18)12-7-14-13(16-23-17-14)6-10(12)8-24(19,20)21;;/h2-7H,8H2,1H3,(H,19,20,21);;. The Kier molecular flexibility index (Phi) is 6.30. The molecular weight excluding hydrogens is 375 g/mol. The molecule has 10 heteroatoms. The molecule has 1 heterocycles. The molecule has 0 saturated carbocycles. The number of hydrogen-bond acceptors (Lipinski definition) is 7. The predicted octanol–water partition coefficient (Wildman–Crippen LogP) is 1.67. The summed E-state index contributed by atoms with van der Waals surface area (Å²) in [5.41, 5.74) is 1.69. The number of carbonyl (C=O) groups is 1. The molecule has 0 aliphatic rings. The van der Waals surface area contributed by atoms with Crippen molar-refractivity contribution >= 4 is 68.2 Å². The molecule has 1 N–H and O–H groups in total. The van der Waals surface area contributed by atoms with Gasteiger partial charge in [0.25, 0.3) is 10.1 Å². The zero-order valence-electron chi connectivity index (χ0n) is 12.5. The van der Waals surface area contributed by atoms with Gasteiger partial charge >= 0.3 is 29.6 Å². The molecule has 0 aliphatic carbocycles. The van der Waals surface area contributed by atoms with Gasteiger partial charge < -0.3 is 4.74 Å². The molecule has 0 radical (unpaired) electrons.